The van der Waals surface area contributed by atoms with E-state index >= 15 is 0 Å². The summed E-state index contributed by atoms with van der Waals surface area (Å²) in [6, 6.07) is 0.328. The predicted molar refractivity (Wildman–Crippen MR) is 85.2 cm³/mol. The van der Waals surface area contributed by atoms with Crippen molar-refractivity contribution in [2.24, 2.45) is 5.92 Å². The number of amides is 2. The Morgan fingerprint density at radius 3 is 2.67 bits per heavy atom. The SMILES string of the molecule is CSC1CCCC(N2CCC(=O)NC(C)(C3CC3)C2=O)C1. The third kappa shape index (κ3) is 2.94. The van der Waals surface area contributed by atoms with E-state index in [1.807, 2.05) is 23.6 Å². The molecule has 1 aliphatic heterocycles. The average molecular weight is 310 g/mol. The van der Waals surface area contributed by atoms with Crippen LogP contribution in [0, 0.1) is 5.92 Å². The summed E-state index contributed by atoms with van der Waals surface area (Å²) in [5.74, 6) is 0.551. The van der Waals surface area contributed by atoms with Gasteiger partial charge in [0.2, 0.25) is 11.8 Å². The van der Waals surface area contributed by atoms with E-state index in [9.17, 15) is 9.59 Å². The number of carbonyl (C=O) groups is 2. The van der Waals surface area contributed by atoms with Crippen LogP contribution in [0.1, 0.15) is 51.9 Å². The summed E-state index contributed by atoms with van der Waals surface area (Å²) in [5.41, 5.74) is -0.653. The molecule has 3 atom stereocenters. The third-order valence-corrected chi connectivity index (χ3v) is 6.55. The van der Waals surface area contributed by atoms with Gasteiger partial charge in [0.1, 0.15) is 5.54 Å². The minimum absolute atomic E-state index is 0.0393. The molecular weight excluding hydrogens is 284 g/mol. The van der Waals surface area contributed by atoms with Crippen LogP contribution in [-0.4, -0.2) is 46.3 Å². The summed E-state index contributed by atoms with van der Waals surface area (Å²) < 4.78 is 0. The van der Waals surface area contributed by atoms with Crippen LogP contribution in [-0.2, 0) is 9.59 Å². The average Bonchev–Trinajstić information content (AvgIpc) is 3.31. The van der Waals surface area contributed by atoms with Crippen LogP contribution in [0.25, 0.3) is 0 Å². The van der Waals surface area contributed by atoms with Crippen molar-refractivity contribution in [2.75, 3.05) is 12.8 Å². The van der Waals surface area contributed by atoms with Gasteiger partial charge in [0.05, 0.1) is 0 Å². The van der Waals surface area contributed by atoms with Gasteiger partial charge in [-0.05, 0) is 51.2 Å². The van der Waals surface area contributed by atoms with E-state index < -0.39 is 5.54 Å². The first-order valence-electron chi connectivity index (χ1n) is 8.19. The maximum atomic E-state index is 13.1. The van der Waals surface area contributed by atoms with Crippen LogP contribution < -0.4 is 5.32 Å². The number of hydrogen-bond acceptors (Lipinski definition) is 3. The molecule has 3 fully saturated rings. The summed E-state index contributed by atoms with van der Waals surface area (Å²) >= 11 is 1.92. The predicted octanol–water partition coefficient (Wildman–Crippen LogP) is 2.18. The van der Waals surface area contributed by atoms with Crippen molar-refractivity contribution in [3.63, 3.8) is 0 Å². The molecule has 2 aliphatic carbocycles. The van der Waals surface area contributed by atoms with Gasteiger partial charge in [-0.3, -0.25) is 9.59 Å². The third-order valence-electron chi connectivity index (χ3n) is 5.45. The van der Waals surface area contributed by atoms with Gasteiger partial charge in [-0.2, -0.15) is 11.8 Å². The van der Waals surface area contributed by atoms with Crippen LogP contribution in [0.15, 0.2) is 0 Å². The molecule has 1 saturated heterocycles. The zero-order chi connectivity index (χ0) is 15.0. The molecule has 0 aromatic carbocycles. The van der Waals surface area contributed by atoms with E-state index in [2.05, 4.69) is 11.6 Å². The molecule has 4 nitrogen and oxygen atoms in total. The Balaban J connectivity index is 1.80. The van der Waals surface area contributed by atoms with Crippen LogP contribution in [0.4, 0.5) is 0 Å². The molecule has 5 heteroatoms. The molecule has 2 saturated carbocycles. The van der Waals surface area contributed by atoms with Gasteiger partial charge < -0.3 is 10.2 Å². The molecule has 21 heavy (non-hydrogen) atoms. The van der Waals surface area contributed by atoms with Crippen molar-refractivity contribution < 1.29 is 9.59 Å². The van der Waals surface area contributed by atoms with Crippen molar-refractivity contribution in [1.82, 2.24) is 10.2 Å². The molecule has 1 N–H and O–H groups in total. The summed E-state index contributed by atoms with van der Waals surface area (Å²) in [4.78, 5) is 27.2. The fourth-order valence-corrected chi connectivity index (χ4v) is 4.75. The van der Waals surface area contributed by atoms with Gasteiger partial charge in [-0.15, -0.1) is 0 Å². The highest BCUT2D eigenvalue weighted by Gasteiger charge is 2.52. The lowest BCUT2D eigenvalue weighted by Gasteiger charge is -2.40. The van der Waals surface area contributed by atoms with Crippen molar-refractivity contribution in [1.29, 1.82) is 0 Å². The molecule has 0 bridgehead atoms. The number of thioether (sulfide) groups is 1. The number of rotatable bonds is 3. The van der Waals surface area contributed by atoms with Crippen LogP contribution in [0.3, 0.4) is 0 Å². The highest BCUT2D eigenvalue weighted by Crippen LogP contribution is 2.42. The van der Waals surface area contributed by atoms with E-state index in [0.29, 0.717) is 30.2 Å². The molecule has 1 heterocycles. The van der Waals surface area contributed by atoms with Gasteiger partial charge in [0.25, 0.3) is 0 Å². The maximum Gasteiger partial charge on any atom is 0.248 e. The summed E-state index contributed by atoms with van der Waals surface area (Å²) in [6.45, 7) is 2.54. The first kappa shape index (κ1) is 15.2. The van der Waals surface area contributed by atoms with E-state index in [1.54, 1.807) is 0 Å². The number of nitrogens with one attached hydrogen (secondary N) is 1. The second-order valence-electron chi connectivity index (χ2n) is 6.95. The number of nitrogens with zero attached hydrogens (tertiary/aromatic N) is 1. The molecule has 0 aromatic rings. The molecule has 3 rings (SSSR count). The zero-order valence-corrected chi connectivity index (χ0v) is 13.9. The fraction of sp³-hybridized carbons (Fsp3) is 0.875. The Hall–Kier alpha value is -0.710. The van der Waals surface area contributed by atoms with Crippen molar-refractivity contribution in [3.8, 4) is 0 Å². The minimum Gasteiger partial charge on any atom is -0.342 e. The second-order valence-corrected chi connectivity index (χ2v) is 8.09. The molecular formula is C16H26N2O2S. The quantitative estimate of drug-likeness (QED) is 0.869. The van der Waals surface area contributed by atoms with Gasteiger partial charge in [-0.25, -0.2) is 0 Å². The Labute approximate surface area is 131 Å². The molecule has 2 amide bonds. The highest BCUT2D eigenvalue weighted by atomic mass is 32.2. The van der Waals surface area contributed by atoms with Crippen molar-refractivity contribution in [3.05, 3.63) is 0 Å². The normalized spacial score (nSPS) is 38.1. The minimum atomic E-state index is -0.653. The summed E-state index contributed by atoms with van der Waals surface area (Å²) in [7, 11) is 0. The molecule has 0 radical (unpaired) electrons. The topological polar surface area (TPSA) is 49.4 Å². The lowest BCUT2D eigenvalue weighted by atomic mass is 9.89. The first-order chi connectivity index (χ1) is 10.0. The molecule has 118 valence electrons. The molecule has 0 aromatic heterocycles. The Morgan fingerprint density at radius 2 is 2.00 bits per heavy atom. The van der Waals surface area contributed by atoms with Crippen molar-refractivity contribution in [2.45, 2.75) is 68.7 Å². The van der Waals surface area contributed by atoms with E-state index in [1.165, 1.54) is 12.8 Å². The number of hydrogen-bond donors (Lipinski definition) is 1. The monoisotopic (exact) mass is 310 g/mol. The van der Waals surface area contributed by atoms with E-state index in [0.717, 1.165) is 25.7 Å². The molecule has 3 unspecified atom stereocenters. The van der Waals surface area contributed by atoms with E-state index in [4.69, 9.17) is 0 Å². The van der Waals surface area contributed by atoms with Gasteiger partial charge in [0.15, 0.2) is 0 Å². The Morgan fingerprint density at radius 1 is 1.24 bits per heavy atom. The van der Waals surface area contributed by atoms with Crippen LogP contribution in [0.2, 0.25) is 0 Å². The van der Waals surface area contributed by atoms with Gasteiger partial charge in [-0.1, -0.05) is 6.42 Å². The van der Waals surface area contributed by atoms with Crippen LogP contribution >= 0.6 is 11.8 Å². The fourth-order valence-electron chi connectivity index (χ4n) is 3.93. The lowest BCUT2D eigenvalue weighted by molar-refractivity contribution is -0.141. The van der Waals surface area contributed by atoms with Gasteiger partial charge >= 0.3 is 0 Å². The molecule has 0 spiro atoms. The zero-order valence-electron chi connectivity index (χ0n) is 13.1. The largest absolute Gasteiger partial charge is 0.342 e. The van der Waals surface area contributed by atoms with Gasteiger partial charge in [0, 0.05) is 24.3 Å². The summed E-state index contributed by atoms with van der Waals surface area (Å²) in [6.07, 6.45) is 9.38. The number of carbonyl (C=O) groups excluding carboxylic acids is 2. The first-order valence-corrected chi connectivity index (χ1v) is 9.48. The smallest absolute Gasteiger partial charge is 0.248 e. The highest BCUT2D eigenvalue weighted by molar-refractivity contribution is 7.99. The van der Waals surface area contributed by atoms with Crippen molar-refractivity contribution >= 4 is 23.6 Å². The lowest BCUT2D eigenvalue weighted by Crippen LogP contribution is -2.58. The Bertz CT molecular complexity index is 438. The maximum absolute atomic E-state index is 13.1. The molecule has 3 aliphatic rings. The Kier molecular flexibility index (Phi) is 4.21. The summed E-state index contributed by atoms with van der Waals surface area (Å²) in [5, 5.41) is 3.69. The second kappa shape index (κ2) is 5.82. The van der Waals surface area contributed by atoms with Crippen LogP contribution in [0.5, 0.6) is 0 Å². The van der Waals surface area contributed by atoms with E-state index in [-0.39, 0.29) is 11.8 Å². The standard InChI is InChI=1S/C16H26N2O2S/c1-16(11-6-7-11)15(20)18(9-8-14(19)17-16)12-4-3-5-13(10-12)21-2/h11-13H,3-10H2,1-2H3,(H,17,19).